The normalized spacial score (nSPS) is 19.3. The molecule has 0 radical (unpaired) electrons. The minimum atomic E-state index is -0.962. The van der Waals surface area contributed by atoms with Crippen LogP contribution in [0.3, 0.4) is 0 Å². The number of urea groups is 1. The first kappa shape index (κ1) is 38.3. The second-order valence-electron chi connectivity index (χ2n) is 13.8. The molecule has 5 rings (SSSR count). The third-order valence-corrected chi connectivity index (χ3v) is 9.49. The van der Waals surface area contributed by atoms with Gasteiger partial charge in [0.2, 0.25) is 0 Å². The van der Waals surface area contributed by atoms with E-state index in [0.717, 1.165) is 35.6 Å². The summed E-state index contributed by atoms with van der Waals surface area (Å²) in [6.07, 6.45) is 2.06. The number of nitrogens with one attached hydrogen (secondary N) is 2. The number of anilines is 2. The highest BCUT2D eigenvalue weighted by Gasteiger charge is 2.30. The molecule has 0 saturated heterocycles. The lowest BCUT2D eigenvalue weighted by atomic mass is 10.0. The van der Waals surface area contributed by atoms with Crippen molar-refractivity contribution in [1.82, 2.24) is 9.80 Å². The van der Waals surface area contributed by atoms with Crippen LogP contribution in [0.4, 0.5) is 16.2 Å². The van der Waals surface area contributed by atoms with Crippen molar-refractivity contribution in [2.24, 2.45) is 5.92 Å². The maximum atomic E-state index is 14.5. The van der Waals surface area contributed by atoms with E-state index in [-0.39, 0.29) is 36.2 Å². The third kappa shape index (κ3) is 10.1. The molecule has 4 atom stereocenters. The highest BCUT2D eigenvalue weighted by molar-refractivity contribution is 6.07. The van der Waals surface area contributed by atoms with Crippen LogP contribution in [0, 0.1) is 5.92 Å². The number of carbonyl (C=O) groups excluding carboxylic acids is 2. The smallest absolute Gasteiger partial charge is 0.335 e. The number of aromatic carboxylic acids is 1. The van der Waals surface area contributed by atoms with Crippen molar-refractivity contribution in [2.45, 2.75) is 64.8 Å². The number of nitrogens with zero attached hydrogens (tertiary/aromatic N) is 2. The Balaban J connectivity index is 1.37. The van der Waals surface area contributed by atoms with Crippen LogP contribution < -0.4 is 15.4 Å². The Morgan fingerprint density at radius 1 is 0.981 bits per heavy atom. The van der Waals surface area contributed by atoms with Gasteiger partial charge in [-0.1, -0.05) is 55.5 Å². The van der Waals surface area contributed by atoms with E-state index in [1.807, 2.05) is 75.5 Å². The highest BCUT2D eigenvalue weighted by atomic mass is 16.5. The van der Waals surface area contributed by atoms with Crippen molar-refractivity contribution in [1.29, 1.82) is 0 Å². The summed E-state index contributed by atoms with van der Waals surface area (Å²) in [6.45, 7) is 7.61. The van der Waals surface area contributed by atoms with E-state index < -0.39 is 18.0 Å². The predicted octanol–water partition coefficient (Wildman–Crippen LogP) is 7.11. The fourth-order valence-corrected chi connectivity index (χ4v) is 6.52. The maximum absolute atomic E-state index is 14.5. The van der Waals surface area contributed by atoms with Crippen molar-refractivity contribution < 1.29 is 34.1 Å². The van der Waals surface area contributed by atoms with Crippen LogP contribution in [-0.2, 0) is 11.3 Å². The first-order valence-electron chi connectivity index (χ1n) is 17.9. The summed E-state index contributed by atoms with van der Waals surface area (Å²) in [7, 11) is 1.99. The monoisotopic (exact) mass is 710 g/mol. The average Bonchev–Trinajstić information content (AvgIpc) is 3.13. The van der Waals surface area contributed by atoms with E-state index in [9.17, 15) is 24.6 Å². The second-order valence-corrected chi connectivity index (χ2v) is 13.8. The lowest BCUT2D eigenvalue weighted by Gasteiger charge is -2.36. The van der Waals surface area contributed by atoms with Crippen LogP contribution in [0.15, 0.2) is 84.9 Å². The Morgan fingerprint density at radius 2 is 1.73 bits per heavy atom. The number of benzene rings is 4. The number of aliphatic hydroxyl groups is 1. The van der Waals surface area contributed by atoms with Crippen LogP contribution in [0.1, 0.15) is 66.3 Å². The van der Waals surface area contributed by atoms with Gasteiger partial charge in [-0.15, -0.1) is 0 Å². The molecule has 276 valence electrons. The SMILES string of the molecule is C[C@@H]1CN([C@@H](C)CO)C(=O)c2cc(NC(=O)Nc3cccc4ccccc34)ccc2O[C@@H](C)CCCCO[C@@H]1CN(C)Cc1ccc(C(=O)O)cc1. The molecule has 52 heavy (non-hydrogen) atoms. The maximum Gasteiger partial charge on any atom is 0.335 e. The Bertz CT molecular complexity index is 1830. The minimum absolute atomic E-state index is 0.117. The van der Waals surface area contributed by atoms with Crippen molar-refractivity contribution in [2.75, 3.05) is 44.0 Å². The van der Waals surface area contributed by atoms with E-state index in [0.29, 0.717) is 48.9 Å². The molecule has 0 spiro atoms. The lowest BCUT2D eigenvalue weighted by Crippen LogP contribution is -2.47. The molecule has 0 aliphatic carbocycles. The molecule has 11 nitrogen and oxygen atoms in total. The number of fused-ring (bicyclic) bond motifs is 2. The zero-order valence-electron chi connectivity index (χ0n) is 30.4. The molecule has 0 fully saturated rings. The van der Waals surface area contributed by atoms with E-state index >= 15 is 0 Å². The van der Waals surface area contributed by atoms with Crippen molar-refractivity contribution >= 4 is 40.1 Å². The summed E-state index contributed by atoms with van der Waals surface area (Å²) < 4.78 is 12.8. The van der Waals surface area contributed by atoms with Crippen LogP contribution in [0.5, 0.6) is 5.75 Å². The third-order valence-electron chi connectivity index (χ3n) is 9.49. The van der Waals surface area contributed by atoms with Gasteiger partial charge in [0.15, 0.2) is 0 Å². The number of aliphatic hydroxyl groups excluding tert-OH is 1. The average molecular weight is 711 g/mol. The summed E-state index contributed by atoms with van der Waals surface area (Å²) in [5.74, 6) is -0.986. The molecule has 0 saturated carbocycles. The number of hydrogen-bond acceptors (Lipinski definition) is 7. The molecule has 4 aromatic rings. The van der Waals surface area contributed by atoms with E-state index in [1.165, 1.54) is 0 Å². The molecule has 4 N–H and O–H groups in total. The van der Waals surface area contributed by atoms with Gasteiger partial charge in [-0.2, -0.15) is 0 Å². The van der Waals surface area contributed by atoms with Gasteiger partial charge in [-0.05, 0) is 87.5 Å². The Labute approximate surface area is 305 Å². The topological polar surface area (TPSA) is 141 Å². The number of likely N-dealkylation sites (N-methyl/N-ethyl adjacent to an activating group) is 1. The van der Waals surface area contributed by atoms with Gasteiger partial charge >= 0.3 is 12.0 Å². The quantitative estimate of drug-likeness (QED) is 0.144. The molecular formula is C41H50N4O7. The second kappa shape index (κ2) is 18.0. The van der Waals surface area contributed by atoms with Gasteiger partial charge in [-0.25, -0.2) is 9.59 Å². The van der Waals surface area contributed by atoms with Gasteiger partial charge in [-0.3, -0.25) is 9.69 Å². The van der Waals surface area contributed by atoms with Gasteiger partial charge in [0.05, 0.1) is 41.7 Å². The molecule has 11 heteroatoms. The zero-order valence-corrected chi connectivity index (χ0v) is 30.4. The van der Waals surface area contributed by atoms with Crippen LogP contribution in [0.25, 0.3) is 10.8 Å². The lowest BCUT2D eigenvalue weighted by molar-refractivity contribution is -0.0177. The van der Waals surface area contributed by atoms with Gasteiger partial charge < -0.3 is 35.2 Å². The van der Waals surface area contributed by atoms with Crippen molar-refractivity contribution in [3.05, 3.63) is 102 Å². The van der Waals surface area contributed by atoms with E-state index in [2.05, 4.69) is 15.5 Å². The molecule has 0 unspecified atom stereocenters. The Morgan fingerprint density at radius 3 is 2.48 bits per heavy atom. The van der Waals surface area contributed by atoms with Crippen LogP contribution in [0.2, 0.25) is 0 Å². The molecule has 0 bridgehead atoms. The number of hydrogen-bond donors (Lipinski definition) is 4. The fraction of sp³-hybridized carbons (Fsp3) is 0.390. The standard InChI is InChI=1S/C41H50N4O7/c1-27-23-45(28(2)26-46)39(47)35-22-33(42-41(50)43-36-14-9-12-31-11-5-6-13-34(31)36)19-20-37(35)52-29(3)10-7-8-21-51-38(27)25-44(4)24-30-15-17-32(18-16-30)40(48)49/h5-6,9,11-20,22,27-29,38,46H,7-8,10,21,23-26H2,1-4H3,(H,48,49)(H2,42,43,50)/t27-,28+,29+,38-/m1/s1. The largest absolute Gasteiger partial charge is 0.490 e. The summed E-state index contributed by atoms with van der Waals surface area (Å²) >= 11 is 0. The van der Waals surface area contributed by atoms with Crippen LogP contribution >= 0.6 is 0 Å². The highest BCUT2D eigenvalue weighted by Crippen LogP contribution is 2.29. The number of carboxylic acid groups (broad SMARTS) is 1. The molecule has 1 heterocycles. The van der Waals surface area contributed by atoms with Crippen molar-refractivity contribution in [3.63, 3.8) is 0 Å². The van der Waals surface area contributed by atoms with E-state index in [1.54, 1.807) is 42.2 Å². The Kier molecular flexibility index (Phi) is 13.2. The predicted molar refractivity (Wildman–Crippen MR) is 203 cm³/mol. The summed E-state index contributed by atoms with van der Waals surface area (Å²) in [6, 6.07) is 24.5. The van der Waals surface area contributed by atoms with Crippen LogP contribution in [-0.4, -0.2) is 89.5 Å². The molecular weight excluding hydrogens is 660 g/mol. The van der Waals surface area contributed by atoms with E-state index in [4.69, 9.17) is 9.47 Å². The molecule has 3 amide bonds. The fourth-order valence-electron chi connectivity index (χ4n) is 6.52. The van der Waals surface area contributed by atoms with Crippen molar-refractivity contribution in [3.8, 4) is 5.75 Å². The summed E-state index contributed by atoms with van der Waals surface area (Å²) in [5, 5.41) is 27.3. The number of carbonyl (C=O) groups is 3. The summed E-state index contributed by atoms with van der Waals surface area (Å²) in [4.78, 5) is 42.8. The first-order chi connectivity index (χ1) is 25.0. The Hall–Kier alpha value is -4.97. The number of ether oxygens (including phenoxy) is 2. The van der Waals surface area contributed by atoms with Gasteiger partial charge in [0, 0.05) is 43.2 Å². The first-order valence-corrected chi connectivity index (χ1v) is 17.9. The number of carboxylic acids is 1. The minimum Gasteiger partial charge on any atom is -0.490 e. The molecule has 0 aromatic heterocycles. The molecule has 1 aliphatic rings. The van der Waals surface area contributed by atoms with Gasteiger partial charge in [0.1, 0.15) is 5.75 Å². The summed E-state index contributed by atoms with van der Waals surface area (Å²) in [5.41, 5.74) is 2.60. The zero-order chi connectivity index (χ0) is 37.2. The van der Waals surface area contributed by atoms with Gasteiger partial charge in [0.25, 0.3) is 5.91 Å². The molecule has 1 aliphatic heterocycles. The number of amides is 3. The molecule has 4 aromatic carbocycles. The number of rotatable bonds is 9.